The molecule has 1 N–H and O–H groups in total. The number of hydrogen-bond acceptors (Lipinski definition) is 4. The van der Waals surface area contributed by atoms with Crippen molar-refractivity contribution in [2.24, 2.45) is 0 Å². The first kappa shape index (κ1) is 20.0. The van der Waals surface area contributed by atoms with E-state index >= 15 is 0 Å². The summed E-state index contributed by atoms with van der Waals surface area (Å²) in [6.45, 7) is 1.40. The molecule has 5 heteroatoms. The third kappa shape index (κ3) is 4.47. The van der Waals surface area contributed by atoms with E-state index in [1.807, 2.05) is 72.8 Å². The number of fused-ring (bicyclic) bond motifs is 1. The molecule has 30 heavy (non-hydrogen) atoms. The largest absolute Gasteiger partial charge is 0.497 e. The van der Waals surface area contributed by atoms with Crippen LogP contribution in [0.2, 0.25) is 0 Å². The molecule has 1 unspecified atom stereocenters. The molecule has 0 bridgehead atoms. The van der Waals surface area contributed by atoms with E-state index in [9.17, 15) is 5.11 Å². The molecular formula is C25H26N2O3. The number of ether oxygens (including phenoxy) is 2. The molecule has 4 aromatic rings. The van der Waals surface area contributed by atoms with Crippen molar-refractivity contribution < 1.29 is 14.6 Å². The van der Waals surface area contributed by atoms with Crippen LogP contribution in [0.25, 0.3) is 11.0 Å². The smallest absolute Gasteiger partial charge is 0.143 e. The maximum absolute atomic E-state index is 10.9. The van der Waals surface area contributed by atoms with Gasteiger partial charge in [0, 0.05) is 6.54 Å². The number of unbranched alkanes of at least 4 members (excludes halogenated alkanes) is 1. The van der Waals surface area contributed by atoms with E-state index in [1.54, 1.807) is 7.11 Å². The monoisotopic (exact) mass is 402 g/mol. The van der Waals surface area contributed by atoms with Gasteiger partial charge in [-0.15, -0.1) is 0 Å². The molecule has 3 aromatic carbocycles. The van der Waals surface area contributed by atoms with Crippen LogP contribution in [0.15, 0.2) is 78.9 Å². The Balaban J connectivity index is 1.42. The predicted molar refractivity (Wildman–Crippen MR) is 118 cm³/mol. The minimum absolute atomic E-state index is 0.634. The summed E-state index contributed by atoms with van der Waals surface area (Å²) in [5.41, 5.74) is 2.78. The maximum Gasteiger partial charge on any atom is 0.143 e. The summed E-state index contributed by atoms with van der Waals surface area (Å²) in [5, 5.41) is 10.9. The van der Waals surface area contributed by atoms with Gasteiger partial charge in [-0.2, -0.15) is 0 Å². The maximum atomic E-state index is 10.9. The molecule has 0 saturated carbocycles. The number of benzene rings is 3. The number of methoxy groups -OCH3 is 1. The van der Waals surface area contributed by atoms with Gasteiger partial charge in [-0.1, -0.05) is 42.5 Å². The van der Waals surface area contributed by atoms with Gasteiger partial charge in [-0.3, -0.25) is 0 Å². The Labute approximate surface area is 176 Å². The van der Waals surface area contributed by atoms with E-state index in [2.05, 4.69) is 10.6 Å². The fraction of sp³-hybridized carbons (Fsp3) is 0.240. The number of aliphatic hydroxyl groups excluding tert-OH is 1. The van der Waals surface area contributed by atoms with E-state index in [4.69, 9.17) is 14.5 Å². The van der Waals surface area contributed by atoms with Gasteiger partial charge in [0.25, 0.3) is 0 Å². The normalized spacial score (nSPS) is 12.1. The van der Waals surface area contributed by atoms with Crippen LogP contribution in [0.1, 0.15) is 30.3 Å². The number of rotatable bonds is 9. The lowest BCUT2D eigenvalue weighted by molar-refractivity contribution is 0.204. The van der Waals surface area contributed by atoms with Gasteiger partial charge < -0.3 is 19.1 Å². The Morgan fingerprint density at radius 3 is 2.33 bits per heavy atom. The van der Waals surface area contributed by atoms with E-state index < -0.39 is 6.10 Å². The predicted octanol–water partition coefficient (Wildman–Crippen LogP) is 4.99. The quantitative estimate of drug-likeness (QED) is 0.401. The van der Waals surface area contributed by atoms with Crippen molar-refractivity contribution in [3.8, 4) is 11.5 Å². The Kier molecular flexibility index (Phi) is 6.30. The molecule has 0 radical (unpaired) electrons. The molecule has 0 amide bonds. The molecule has 0 aliphatic carbocycles. The molecule has 0 aliphatic heterocycles. The first-order chi connectivity index (χ1) is 14.8. The Bertz CT molecular complexity index is 1070. The molecule has 5 nitrogen and oxygen atoms in total. The molecule has 1 heterocycles. The lowest BCUT2D eigenvalue weighted by atomic mass is 10.1. The Morgan fingerprint density at radius 2 is 1.57 bits per heavy atom. The second-order valence-corrected chi connectivity index (χ2v) is 7.15. The van der Waals surface area contributed by atoms with Gasteiger partial charge >= 0.3 is 0 Å². The molecular weight excluding hydrogens is 376 g/mol. The van der Waals surface area contributed by atoms with Crippen LogP contribution in [0.5, 0.6) is 11.5 Å². The zero-order valence-electron chi connectivity index (χ0n) is 17.1. The van der Waals surface area contributed by atoms with Crippen LogP contribution in [-0.2, 0) is 6.54 Å². The SMILES string of the molecule is COc1ccc(OCCCCn2c(C(O)c3ccccc3)nc3ccccc32)cc1. The molecule has 0 saturated heterocycles. The van der Waals surface area contributed by atoms with Crippen molar-refractivity contribution >= 4 is 11.0 Å². The number of imidazole rings is 1. The minimum atomic E-state index is -0.755. The number of nitrogens with zero attached hydrogens (tertiary/aromatic N) is 2. The topological polar surface area (TPSA) is 56.5 Å². The minimum Gasteiger partial charge on any atom is -0.497 e. The van der Waals surface area contributed by atoms with Crippen LogP contribution in [-0.4, -0.2) is 28.4 Å². The summed E-state index contributed by atoms with van der Waals surface area (Å²) in [7, 11) is 1.65. The third-order valence-corrected chi connectivity index (χ3v) is 5.15. The highest BCUT2D eigenvalue weighted by molar-refractivity contribution is 5.76. The molecule has 1 aromatic heterocycles. The standard InChI is InChI=1S/C25H26N2O3/c1-29-20-13-15-21(16-14-20)30-18-8-7-17-27-23-12-6-5-11-22(23)26-25(27)24(28)19-9-3-2-4-10-19/h2-6,9-16,24,28H,7-8,17-18H2,1H3. The van der Waals surface area contributed by atoms with Gasteiger partial charge in [-0.05, 0) is 54.8 Å². The van der Waals surface area contributed by atoms with Crippen LogP contribution < -0.4 is 9.47 Å². The van der Waals surface area contributed by atoms with Crippen LogP contribution in [0.4, 0.5) is 0 Å². The van der Waals surface area contributed by atoms with Crippen molar-refractivity contribution in [2.75, 3.05) is 13.7 Å². The van der Waals surface area contributed by atoms with Crippen molar-refractivity contribution in [2.45, 2.75) is 25.5 Å². The lowest BCUT2D eigenvalue weighted by Crippen LogP contribution is -2.11. The van der Waals surface area contributed by atoms with Crippen molar-refractivity contribution in [3.63, 3.8) is 0 Å². The molecule has 4 rings (SSSR count). The fourth-order valence-corrected chi connectivity index (χ4v) is 3.56. The fourth-order valence-electron chi connectivity index (χ4n) is 3.56. The Morgan fingerprint density at radius 1 is 0.867 bits per heavy atom. The van der Waals surface area contributed by atoms with E-state index in [0.29, 0.717) is 12.4 Å². The first-order valence-electron chi connectivity index (χ1n) is 10.2. The number of aromatic nitrogens is 2. The average Bonchev–Trinajstić information content (AvgIpc) is 3.18. The second kappa shape index (κ2) is 9.46. The van der Waals surface area contributed by atoms with Gasteiger partial charge in [0.15, 0.2) is 0 Å². The lowest BCUT2D eigenvalue weighted by Gasteiger charge is -2.14. The van der Waals surface area contributed by atoms with Crippen molar-refractivity contribution in [3.05, 3.63) is 90.3 Å². The van der Waals surface area contributed by atoms with Crippen molar-refractivity contribution in [1.29, 1.82) is 0 Å². The van der Waals surface area contributed by atoms with Crippen LogP contribution in [0, 0.1) is 0 Å². The first-order valence-corrected chi connectivity index (χ1v) is 10.2. The zero-order valence-corrected chi connectivity index (χ0v) is 17.1. The third-order valence-electron chi connectivity index (χ3n) is 5.15. The van der Waals surface area contributed by atoms with Crippen molar-refractivity contribution in [1.82, 2.24) is 9.55 Å². The number of aliphatic hydroxyl groups is 1. The molecule has 0 aliphatic rings. The van der Waals surface area contributed by atoms with Gasteiger partial charge in [0.2, 0.25) is 0 Å². The summed E-state index contributed by atoms with van der Waals surface area (Å²) in [6.07, 6.45) is 1.07. The van der Waals surface area contributed by atoms with Gasteiger partial charge in [-0.25, -0.2) is 4.98 Å². The zero-order chi connectivity index (χ0) is 20.8. The highest BCUT2D eigenvalue weighted by Crippen LogP contribution is 2.26. The average molecular weight is 402 g/mol. The van der Waals surface area contributed by atoms with Crippen LogP contribution in [0.3, 0.4) is 0 Å². The summed E-state index contributed by atoms with van der Waals surface area (Å²) in [6, 6.07) is 25.3. The summed E-state index contributed by atoms with van der Waals surface area (Å²) in [4.78, 5) is 4.72. The summed E-state index contributed by atoms with van der Waals surface area (Å²) >= 11 is 0. The van der Waals surface area contributed by atoms with E-state index in [0.717, 1.165) is 47.5 Å². The van der Waals surface area contributed by atoms with E-state index in [1.165, 1.54) is 0 Å². The van der Waals surface area contributed by atoms with Gasteiger partial charge in [0.1, 0.15) is 23.4 Å². The van der Waals surface area contributed by atoms with E-state index in [-0.39, 0.29) is 0 Å². The van der Waals surface area contributed by atoms with Gasteiger partial charge in [0.05, 0.1) is 24.8 Å². The highest BCUT2D eigenvalue weighted by Gasteiger charge is 2.19. The molecule has 154 valence electrons. The second-order valence-electron chi connectivity index (χ2n) is 7.15. The number of para-hydroxylation sites is 2. The summed E-state index contributed by atoms with van der Waals surface area (Å²) in [5.74, 6) is 2.33. The molecule has 0 fully saturated rings. The molecule has 1 atom stereocenters. The van der Waals surface area contributed by atoms with Crippen LogP contribution >= 0.6 is 0 Å². The molecule has 0 spiro atoms. The Hall–Kier alpha value is -3.31. The number of hydrogen-bond donors (Lipinski definition) is 1. The number of aryl methyl sites for hydroxylation is 1. The summed E-state index contributed by atoms with van der Waals surface area (Å²) < 4.78 is 13.1. The highest BCUT2D eigenvalue weighted by atomic mass is 16.5.